The van der Waals surface area contributed by atoms with Crippen LogP contribution in [0, 0.1) is 5.92 Å². The number of aliphatic hydroxyl groups is 1. The number of phosphoric acid groups is 1. The summed E-state index contributed by atoms with van der Waals surface area (Å²) in [5.41, 5.74) is 0. The van der Waals surface area contributed by atoms with E-state index in [2.05, 4.69) is 8.83 Å². The maximum atomic E-state index is 11.3. The van der Waals surface area contributed by atoms with Crippen LogP contribution in [0.5, 0.6) is 0 Å². The van der Waals surface area contributed by atoms with Gasteiger partial charge in [0.1, 0.15) is 7.85 Å². The Kier molecular flexibility index (Phi) is 5.87. The van der Waals surface area contributed by atoms with E-state index in [-0.39, 0.29) is 18.9 Å². The molecule has 1 fully saturated rings. The van der Waals surface area contributed by atoms with E-state index in [1.165, 1.54) is 0 Å². The fraction of sp³-hybridized carbons (Fsp3) is 1.00. The first-order valence-electron chi connectivity index (χ1n) is 5.41. The van der Waals surface area contributed by atoms with Crippen molar-refractivity contribution in [1.29, 1.82) is 0 Å². The van der Waals surface area contributed by atoms with Gasteiger partial charge in [-0.25, -0.2) is 8.88 Å². The molecule has 0 saturated carbocycles. The van der Waals surface area contributed by atoms with Crippen molar-refractivity contribution in [3.8, 4) is 0 Å². The van der Waals surface area contributed by atoms with Crippen LogP contribution in [0.1, 0.15) is 13.3 Å². The maximum absolute atomic E-state index is 11.3. The topological polar surface area (TPSA) is 123 Å². The van der Waals surface area contributed by atoms with Gasteiger partial charge in [-0.05, 0) is 6.42 Å². The summed E-state index contributed by atoms with van der Waals surface area (Å²) < 4.78 is 35.4. The largest absolute Gasteiger partial charge is 0.476 e. The van der Waals surface area contributed by atoms with Crippen molar-refractivity contribution in [2.75, 3.05) is 6.61 Å². The lowest BCUT2D eigenvalue weighted by molar-refractivity contribution is 0.0176. The van der Waals surface area contributed by atoms with Crippen molar-refractivity contribution in [3.05, 3.63) is 0 Å². The van der Waals surface area contributed by atoms with E-state index in [4.69, 9.17) is 29.9 Å². The highest BCUT2D eigenvalue weighted by Gasteiger charge is 2.38. The molecule has 0 aromatic heterocycles. The quantitative estimate of drug-likeness (QED) is 0.450. The summed E-state index contributed by atoms with van der Waals surface area (Å²) in [5, 5.41) is 9.73. The summed E-state index contributed by atoms with van der Waals surface area (Å²) in [7, 11) is 1.19. The Morgan fingerprint density at radius 2 is 1.95 bits per heavy atom. The Morgan fingerprint density at radius 1 is 1.37 bits per heavy atom. The van der Waals surface area contributed by atoms with Gasteiger partial charge in [-0.2, -0.15) is 0 Å². The van der Waals surface area contributed by atoms with Gasteiger partial charge in [0, 0.05) is 11.9 Å². The first-order chi connectivity index (χ1) is 8.52. The lowest BCUT2D eigenvalue weighted by atomic mass is 9.86. The van der Waals surface area contributed by atoms with E-state index in [1.807, 2.05) is 0 Å². The van der Waals surface area contributed by atoms with Crippen LogP contribution < -0.4 is 0 Å². The van der Waals surface area contributed by atoms with Gasteiger partial charge in [-0.15, -0.1) is 0 Å². The van der Waals surface area contributed by atoms with Crippen molar-refractivity contribution in [3.63, 3.8) is 0 Å². The fourth-order valence-electron chi connectivity index (χ4n) is 1.65. The van der Waals surface area contributed by atoms with Crippen LogP contribution in [-0.4, -0.2) is 55.1 Å². The third kappa shape index (κ3) is 5.69. The van der Waals surface area contributed by atoms with Crippen molar-refractivity contribution >= 4 is 30.7 Å². The van der Waals surface area contributed by atoms with Gasteiger partial charge in [-0.1, -0.05) is 6.92 Å². The van der Waals surface area contributed by atoms with Crippen molar-refractivity contribution in [2.24, 2.45) is 5.92 Å². The van der Waals surface area contributed by atoms with Gasteiger partial charge in [0.25, 0.3) is 7.47 Å². The van der Waals surface area contributed by atoms with E-state index in [0.29, 0.717) is 0 Å². The van der Waals surface area contributed by atoms with Crippen LogP contribution >= 0.6 is 15.3 Å². The summed E-state index contributed by atoms with van der Waals surface area (Å²) in [5.74, 6) is -0.263. The molecule has 0 bridgehead atoms. The number of hydrogen-bond donors (Lipinski definition) is 3. The average Bonchev–Trinajstić information content (AvgIpc) is 2.42. The zero-order valence-electron chi connectivity index (χ0n) is 10.2. The predicted molar refractivity (Wildman–Crippen MR) is 66.6 cm³/mol. The van der Waals surface area contributed by atoms with Gasteiger partial charge < -0.3 is 24.2 Å². The molecule has 1 unspecified atom stereocenters. The minimum atomic E-state index is -5.00. The summed E-state index contributed by atoms with van der Waals surface area (Å²) >= 11 is 0. The molecule has 1 heterocycles. The Hall–Kier alpha value is 0.350. The Bertz CT molecular complexity index is 401. The molecule has 0 aromatic rings. The molecule has 1 saturated heterocycles. The maximum Gasteiger partial charge on any atom is 0.476 e. The van der Waals surface area contributed by atoms with Crippen molar-refractivity contribution < 1.29 is 37.6 Å². The summed E-state index contributed by atoms with van der Waals surface area (Å²) in [6.45, 7) is 1.44. The van der Waals surface area contributed by atoms with Crippen LogP contribution in [0.4, 0.5) is 0 Å². The molecule has 3 N–H and O–H groups in total. The van der Waals surface area contributed by atoms with E-state index in [0.717, 1.165) is 0 Å². The molecule has 0 amide bonds. The molecule has 1 rings (SSSR count). The Labute approximate surface area is 113 Å². The molecular weight excluding hydrogens is 296 g/mol. The molecule has 8 nitrogen and oxygen atoms in total. The third-order valence-corrected chi connectivity index (χ3v) is 4.97. The first kappa shape index (κ1) is 17.4. The molecule has 19 heavy (non-hydrogen) atoms. The molecule has 0 aromatic carbocycles. The van der Waals surface area contributed by atoms with E-state index in [9.17, 15) is 14.2 Å². The van der Waals surface area contributed by atoms with Crippen LogP contribution in [0.3, 0.4) is 0 Å². The zero-order valence-corrected chi connectivity index (χ0v) is 11.9. The number of rotatable bonds is 6. The van der Waals surface area contributed by atoms with Crippen LogP contribution in [0.25, 0.3) is 0 Å². The number of aliphatic hydroxyl groups excluding tert-OH is 1. The predicted octanol–water partition coefficient (Wildman–Crippen LogP) is -0.331. The monoisotopic (exact) mass is 310 g/mol. The second-order valence-corrected chi connectivity index (χ2v) is 7.20. The third-order valence-electron chi connectivity index (χ3n) is 2.66. The van der Waals surface area contributed by atoms with Crippen LogP contribution in [0.15, 0.2) is 0 Å². The van der Waals surface area contributed by atoms with E-state index >= 15 is 0 Å². The Morgan fingerprint density at radius 3 is 2.37 bits per heavy atom. The molecule has 4 radical (unpaired) electrons. The lowest BCUT2D eigenvalue weighted by Gasteiger charge is -2.18. The smallest absolute Gasteiger partial charge is 0.390 e. The highest BCUT2D eigenvalue weighted by molar-refractivity contribution is 7.83. The molecule has 12 heteroatoms. The fourth-order valence-corrected chi connectivity index (χ4v) is 3.38. The second-order valence-electron chi connectivity index (χ2n) is 4.22. The molecule has 1 aliphatic heterocycles. The molecule has 0 aliphatic carbocycles. The molecule has 5 atom stereocenters. The summed E-state index contributed by atoms with van der Waals surface area (Å²) in [6, 6.07) is -0.615. The van der Waals surface area contributed by atoms with Gasteiger partial charge >= 0.3 is 7.82 Å². The standard InChI is InChI=1S/C7H14B2O8P2/c1-4-6(10)5(16-7(4)8)2-3-15-18(9,11)17-19(12,13)14/h4-7,10H,2-3H2,1H3,(H2,12,13,14)/t4-,5-,6+,7-,18?/m1/s1. The minimum absolute atomic E-state index is 0.102. The number of ether oxygens (including phenoxy) is 1. The van der Waals surface area contributed by atoms with Crippen molar-refractivity contribution in [1.82, 2.24) is 0 Å². The van der Waals surface area contributed by atoms with Gasteiger partial charge in [0.2, 0.25) is 7.57 Å². The zero-order chi connectivity index (χ0) is 14.8. The summed E-state index contributed by atoms with van der Waals surface area (Å²) in [6.07, 6.45) is -1.33. The van der Waals surface area contributed by atoms with Gasteiger partial charge in [-0.3, -0.25) is 4.57 Å². The first-order valence-corrected chi connectivity index (χ1v) is 8.55. The average molecular weight is 310 g/mol. The normalized spacial score (nSPS) is 35.2. The summed E-state index contributed by atoms with van der Waals surface area (Å²) in [4.78, 5) is 16.9. The molecule has 1 aliphatic rings. The second kappa shape index (κ2) is 6.41. The lowest BCUT2D eigenvalue weighted by Crippen LogP contribution is -2.26. The molecular formula is C7H14B2O8P2. The van der Waals surface area contributed by atoms with Gasteiger partial charge in [0.05, 0.1) is 18.8 Å². The SMILES string of the molecule is [B][C@@H]1O[C@H](CCOP([B])(=O)OP(=O)(O)O)[C@@H](O)[C@H]1C. The van der Waals surface area contributed by atoms with E-state index < -0.39 is 33.5 Å². The van der Waals surface area contributed by atoms with E-state index in [1.54, 1.807) is 6.92 Å². The molecule has 106 valence electrons. The van der Waals surface area contributed by atoms with Crippen LogP contribution in [-0.2, 0) is 22.7 Å². The minimum Gasteiger partial charge on any atom is -0.390 e. The van der Waals surface area contributed by atoms with Crippen molar-refractivity contribution in [2.45, 2.75) is 31.6 Å². The number of hydrogen-bond acceptors (Lipinski definition) is 6. The Balaban J connectivity index is 2.39. The highest BCUT2D eigenvalue weighted by atomic mass is 31.3. The van der Waals surface area contributed by atoms with Crippen LogP contribution in [0.2, 0.25) is 0 Å². The van der Waals surface area contributed by atoms with Gasteiger partial charge in [0.15, 0.2) is 0 Å². The molecule has 0 spiro atoms. The highest BCUT2D eigenvalue weighted by Crippen LogP contribution is 2.57.